The summed E-state index contributed by atoms with van der Waals surface area (Å²) in [6, 6.07) is 10.9. The van der Waals surface area contributed by atoms with Gasteiger partial charge < -0.3 is 15.7 Å². The normalized spacial score (nSPS) is 23.5. The second kappa shape index (κ2) is 7.11. The topological polar surface area (TPSA) is 105 Å². The Bertz CT molecular complexity index is 1240. The summed E-state index contributed by atoms with van der Waals surface area (Å²) in [5.74, 6) is 5.28. The fourth-order valence-corrected chi connectivity index (χ4v) is 3.64. The largest absolute Gasteiger partial charge is 0.382 e. The number of aromatic nitrogens is 3. The molecule has 7 nitrogen and oxygen atoms in total. The maximum Gasteiger partial charge on any atom is 0.267 e. The number of pyridine rings is 1. The Kier molecular flexibility index (Phi) is 4.71. The predicted molar refractivity (Wildman–Crippen MR) is 116 cm³/mol. The van der Waals surface area contributed by atoms with Crippen molar-refractivity contribution in [2.24, 2.45) is 5.92 Å². The molecule has 0 unspecified atom stereocenters. The van der Waals surface area contributed by atoms with Crippen molar-refractivity contribution in [1.29, 1.82) is 0 Å². The monoisotopic (exact) mass is 397 g/mol. The van der Waals surface area contributed by atoms with Gasteiger partial charge in [0.2, 0.25) is 5.60 Å². The fourth-order valence-electron chi connectivity index (χ4n) is 3.64. The number of nitrogens with two attached hydrogens (primary N) is 1. The van der Waals surface area contributed by atoms with Crippen LogP contribution < -0.4 is 11.5 Å². The van der Waals surface area contributed by atoms with E-state index in [1.165, 1.54) is 4.90 Å². The van der Waals surface area contributed by atoms with Gasteiger partial charge in [-0.1, -0.05) is 30.9 Å². The van der Waals surface area contributed by atoms with Gasteiger partial charge in [-0.05, 0) is 31.2 Å². The van der Waals surface area contributed by atoms with E-state index in [1.807, 2.05) is 44.2 Å². The van der Waals surface area contributed by atoms with Crippen molar-refractivity contribution >= 4 is 36.3 Å². The van der Waals surface area contributed by atoms with E-state index < -0.39 is 5.60 Å². The molecule has 30 heavy (non-hydrogen) atoms. The minimum absolute atomic E-state index is 0.0911. The highest BCUT2D eigenvalue weighted by molar-refractivity contribution is 6.29. The zero-order chi connectivity index (χ0) is 21.6. The van der Waals surface area contributed by atoms with Gasteiger partial charge >= 0.3 is 0 Å². The van der Waals surface area contributed by atoms with Gasteiger partial charge in [0.15, 0.2) is 13.7 Å². The van der Waals surface area contributed by atoms with E-state index in [1.54, 1.807) is 13.1 Å². The maximum atomic E-state index is 12.5. The molecule has 8 heteroatoms. The Balaban J connectivity index is 1.71. The molecule has 4 rings (SSSR count). The standard InChI is InChI=1S/C22H20BN5O2/c1-12-13(2)28(3)20(29)22(12,30)10-9-14-5-4-6-15(11-14)16-7-8-17-18(25-16)19(24)27-21(23)26-17/h4-8,11-13,30H,1-3H3,(H2,24,26,27)/t12-,13+,22-/m0/s1. The number of hydrogen-bond acceptors (Lipinski definition) is 6. The number of benzene rings is 1. The van der Waals surface area contributed by atoms with Crippen LogP contribution in [0.5, 0.6) is 0 Å². The Hall–Kier alpha value is -3.44. The van der Waals surface area contributed by atoms with Crippen LogP contribution in [-0.4, -0.2) is 57.4 Å². The Labute approximate surface area is 175 Å². The highest BCUT2D eigenvalue weighted by Gasteiger charge is 2.52. The fraction of sp³-hybridized carbons (Fsp3) is 0.273. The molecule has 1 fully saturated rings. The Morgan fingerprint density at radius 3 is 2.67 bits per heavy atom. The van der Waals surface area contributed by atoms with Crippen LogP contribution in [0.25, 0.3) is 22.3 Å². The van der Waals surface area contributed by atoms with Crippen molar-refractivity contribution in [2.75, 3.05) is 12.8 Å². The molecule has 2 radical (unpaired) electrons. The predicted octanol–water partition coefficient (Wildman–Crippen LogP) is 0.647. The first-order valence-electron chi connectivity index (χ1n) is 9.53. The molecule has 0 saturated carbocycles. The zero-order valence-electron chi connectivity index (χ0n) is 16.9. The summed E-state index contributed by atoms with van der Waals surface area (Å²) in [4.78, 5) is 26.7. The first kappa shape index (κ1) is 19.9. The average molecular weight is 397 g/mol. The average Bonchev–Trinajstić information content (AvgIpc) is 2.88. The van der Waals surface area contributed by atoms with Gasteiger partial charge in [-0.3, -0.25) is 4.79 Å². The smallest absolute Gasteiger partial charge is 0.267 e. The molecule has 0 spiro atoms. The molecule has 1 aromatic carbocycles. The molecule has 1 amide bonds. The van der Waals surface area contributed by atoms with E-state index in [2.05, 4.69) is 26.8 Å². The molecule has 3 N–H and O–H groups in total. The molecule has 0 aliphatic carbocycles. The van der Waals surface area contributed by atoms with Crippen molar-refractivity contribution in [3.05, 3.63) is 42.0 Å². The first-order valence-corrected chi connectivity index (χ1v) is 9.53. The number of rotatable bonds is 1. The number of fused-ring (bicyclic) bond motifs is 1. The third-order valence-electron chi connectivity index (χ3n) is 5.78. The molecule has 3 heterocycles. The highest BCUT2D eigenvalue weighted by Crippen LogP contribution is 2.33. The highest BCUT2D eigenvalue weighted by atomic mass is 16.3. The Morgan fingerprint density at radius 2 is 1.97 bits per heavy atom. The second-order valence-corrected chi connectivity index (χ2v) is 7.57. The number of likely N-dealkylation sites (tertiary alicyclic amines) is 1. The number of carbonyl (C=O) groups is 1. The number of carbonyl (C=O) groups excluding carboxylic acids is 1. The van der Waals surface area contributed by atoms with Gasteiger partial charge in [0.05, 0.1) is 16.9 Å². The summed E-state index contributed by atoms with van der Waals surface area (Å²) >= 11 is 0. The van der Waals surface area contributed by atoms with Crippen LogP contribution in [0.2, 0.25) is 0 Å². The van der Waals surface area contributed by atoms with Crippen LogP contribution in [0, 0.1) is 17.8 Å². The SMILES string of the molecule is [B]c1nc(N)c2nc(-c3cccc(C#C[C@@]4(O)C(=O)N(C)[C@H](C)[C@@H]4C)c3)ccc2n1. The summed E-state index contributed by atoms with van der Waals surface area (Å²) in [6.07, 6.45) is 0. The number of likely N-dealkylation sites (N-methyl/N-ethyl adjacent to an activating group) is 1. The van der Waals surface area contributed by atoms with Crippen LogP contribution in [0.15, 0.2) is 36.4 Å². The van der Waals surface area contributed by atoms with Crippen molar-refractivity contribution in [3.63, 3.8) is 0 Å². The number of aliphatic hydroxyl groups is 1. The van der Waals surface area contributed by atoms with Gasteiger partial charge in [-0.15, -0.1) is 0 Å². The third kappa shape index (κ3) is 3.17. The van der Waals surface area contributed by atoms with E-state index >= 15 is 0 Å². The lowest BCUT2D eigenvalue weighted by molar-refractivity contribution is -0.139. The van der Waals surface area contributed by atoms with E-state index in [0.717, 1.165) is 5.56 Å². The molecular weight excluding hydrogens is 377 g/mol. The van der Waals surface area contributed by atoms with Crippen molar-refractivity contribution in [1.82, 2.24) is 19.9 Å². The number of amides is 1. The third-order valence-corrected chi connectivity index (χ3v) is 5.78. The van der Waals surface area contributed by atoms with Crippen molar-refractivity contribution in [3.8, 4) is 23.1 Å². The van der Waals surface area contributed by atoms with Crippen molar-refractivity contribution in [2.45, 2.75) is 25.5 Å². The maximum absolute atomic E-state index is 12.5. The molecule has 148 valence electrons. The van der Waals surface area contributed by atoms with E-state index in [0.29, 0.717) is 22.3 Å². The quantitative estimate of drug-likeness (QED) is 0.462. The first-order chi connectivity index (χ1) is 14.2. The molecule has 2 aromatic heterocycles. The lowest BCUT2D eigenvalue weighted by atomic mass is 9.88. The summed E-state index contributed by atoms with van der Waals surface area (Å²) < 4.78 is 0. The summed E-state index contributed by atoms with van der Waals surface area (Å²) in [5, 5.41) is 10.9. The van der Waals surface area contributed by atoms with Gasteiger partial charge in [0.1, 0.15) is 5.52 Å². The molecule has 1 aliphatic heterocycles. The van der Waals surface area contributed by atoms with Gasteiger partial charge in [-0.25, -0.2) is 15.0 Å². The van der Waals surface area contributed by atoms with Crippen LogP contribution in [-0.2, 0) is 4.79 Å². The minimum atomic E-state index is -1.70. The molecular formula is C22H20BN5O2. The van der Waals surface area contributed by atoms with Gasteiger partial charge in [-0.2, -0.15) is 0 Å². The molecule has 1 saturated heterocycles. The zero-order valence-corrected chi connectivity index (χ0v) is 16.9. The van der Waals surface area contributed by atoms with Crippen LogP contribution in [0.4, 0.5) is 5.82 Å². The minimum Gasteiger partial charge on any atom is -0.382 e. The molecule has 3 atom stereocenters. The van der Waals surface area contributed by atoms with Gasteiger partial charge in [0.25, 0.3) is 5.91 Å². The summed E-state index contributed by atoms with van der Waals surface area (Å²) in [7, 11) is 7.31. The van der Waals surface area contributed by atoms with Gasteiger partial charge in [0, 0.05) is 30.1 Å². The number of anilines is 1. The Morgan fingerprint density at radius 1 is 1.20 bits per heavy atom. The van der Waals surface area contributed by atoms with Crippen molar-refractivity contribution < 1.29 is 9.90 Å². The lowest BCUT2D eigenvalue weighted by Crippen LogP contribution is -2.40. The van der Waals surface area contributed by atoms with Crippen LogP contribution in [0.1, 0.15) is 19.4 Å². The van der Waals surface area contributed by atoms with Crippen LogP contribution in [0.3, 0.4) is 0 Å². The lowest BCUT2D eigenvalue weighted by Gasteiger charge is -2.19. The molecule has 0 bridgehead atoms. The van der Waals surface area contributed by atoms with E-state index in [9.17, 15) is 9.90 Å². The van der Waals surface area contributed by atoms with E-state index in [4.69, 9.17) is 13.6 Å². The number of nitrogens with zero attached hydrogens (tertiary/aromatic N) is 4. The summed E-state index contributed by atoms with van der Waals surface area (Å²) in [5.41, 5.74) is 7.50. The molecule has 3 aromatic rings. The number of nitrogen functional groups attached to an aromatic ring is 1. The van der Waals surface area contributed by atoms with Crippen LogP contribution >= 0.6 is 0 Å². The number of hydrogen-bond donors (Lipinski definition) is 2. The summed E-state index contributed by atoms with van der Waals surface area (Å²) in [6.45, 7) is 3.73. The second-order valence-electron chi connectivity index (χ2n) is 7.57. The molecule has 1 aliphatic rings. The van der Waals surface area contributed by atoms with E-state index in [-0.39, 0.29) is 29.4 Å².